The monoisotopic (exact) mass is 344 g/mol. The van der Waals surface area contributed by atoms with Crippen LogP contribution in [-0.2, 0) is 4.79 Å². The number of hydrogen-bond acceptors (Lipinski definition) is 6. The summed E-state index contributed by atoms with van der Waals surface area (Å²) in [5.41, 5.74) is 7.78. The van der Waals surface area contributed by atoms with Gasteiger partial charge < -0.3 is 11.1 Å². The zero-order chi connectivity index (χ0) is 16.4. The van der Waals surface area contributed by atoms with Gasteiger partial charge in [0.25, 0.3) is 0 Å². The summed E-state index contributed by atoms with van der Waals surface area (Å²) in [5.74, 6) is 0.364. The van der Waals surface area contributed by atoms with Gasteiger partial charge in [-0.3, -0.25) is 4.79 Å². The van der Waals surface area contributed by atoms with E-state index in [1.165, 1.54) is 23.1 Å². The number of aromatic nitrogens is 2. The Morgan fingerprint density at radius 2 is 2.09 bits per heavy atom. The normalized spacial score (nSPS) is 12.3. The van der Waals surface area contributed by atoms with Crippen LogP contribution in [0.4, 0.5) is 11.5 Å². The van der Waals surface area contributed by atoms with Gasteiger partial charge in [-0.05, 0) is 36.9 Å². The van der Waals surface area contributed by atoms with Crippen LogP contribution >= 0.6 is 23.1 Å². The summed E-state index contributed by atoms with van der Waals surface area (Å²) >= 11 is 2.81. The zero-order valence-corrected chi connectivity index (χ0v) is 14.4. The number of nitrogens with two attached hydrogens (primary N) is 1. The Hall–Kier alpha value is -2.12. The molecule has 0 aliphatic heterocycles. The molecule has 1 atom stereocenters. The molecule has 0 spiro atoms. The molecule has 2 aromatic heterocycles. The molecule has 0 bridgehead atoms. The molecule has 0 saturated carbocycles. The molecule has 3 aromatic rings. The quantitative estimate of drug-likeness (QED) is 0.557. The minimum Gasteiger partial charge on any atom is -0.383 e. The molecule has 2 heterocycles. The van der Waals surface area contributed by atoms with Gasteiger partial charge in [0, 0.05) is 5.69 Å². The second-order valence-electron chi connectivity index (χ2n) is 5.10. The van der Waals surface area contributed by atoms with Crippen LogP contribution < -0.4 is 11.1 Å². The van der Waals surface area contributed by atoms with Crippen molar-refractivity contribution in [2.45, 2.75) is 24.3 Å². The molecular weight excluding hydrogens is 328 g/mol. The van der Waals surface area contributed by atoms with Crippen LogP contribution in [0.5, 0.6) is 0 Å². The third-order valence-electron chi connectivity index (χ3n) is 3.39. The van der Waals surface area contributed by atoms with Crippen LogP contribution in [0.3, 0.4) is 0 Å². The van der Waals surface area contributed by atoms with E-state index in [2.05, 4.69) is 15.3 Å². The molecule has 0 aliphatic carbocycles. The molecule has 0 unspecified atom stereocenters. The number of rotatable bonds is 4. The molecule has 3 rings (SSSR count). The van der Waals surface area contributed by atoms with E-state index in [9.17, 15) is 4.79 Å². The zero-order valence-electron chi connectivity index (χ0n) is 12.7. The van der Waals surface area contributed by atoms with E-state index in [0.717, 1.165) is 21.5 Å². The molecule has 7 heteroatoms. The van der Waals surface area contributed by atoms with Gasteiger partial charge >= 0.3 is 0 Å². The number of carbonyl (C=O) groups excluding carboxylic acids is 1. The standard InChI is InChI=1S/C16H16N4OS2/c1-9-5-3-4-6-12(9)18-14(21)10(2)23-16-19-13(17)11-7-8-22-15(11)20-16/h3-8,10H,1-2H3,(H,18,21)(H2,17,19,20)/t10-/m0/s1. The minimum absolute atomic E-state index is 0.0854. The number of amides is 1. The van der Waals surface area contributed by atoms with Crippen molar-refractivity contribution in [3.63, 3.8) is 0 Å². The summed E-state index contributed by atoms with van der Waals surface area (Å²) in [7, 11) is 0. The van der Waals surface area contributed by atoms with Crippen molar-refractivity contribution < 1.29 is 4.79 Å². The van der Waals surface area contributed by atoms with Crippen molar-refractivity contribution in [1.82, 2.24) is 9.97 Å². The van der Waals surface area contributed by atoms with Gasteiger partial charge in [-0.25, -0.2) is 9.97 Å². The van der Waals surface area contributed by atoms with Crippen molar-refractivity contribution in [2.75, 3.05) is 11.1 Å². The number of carbonyl (C=O) groups is 1. The topological polar surface area (TPSA) is 80.9 Å². The number of thioether (sulfide) groups is 1. The number of hydrogen-bond donors (Lipinski definition) is 2. The van der Waals surface area contributed by atoms with Crippen LogP contribution in [0.25, 0.3) is 10.2 Å². The summed E-state index contributed by atoms with van der Waals surface area (Å²) < 4.78 is 0. The lowest BCUT2D eigenvalue weighted by molar-refractivity contribution is -0.115. The SMILES string of the molecule is Cc1ccccc1NC(=O)[C@H](C)Sc1nc(N)c2ccsc2n1. The van der Waals surface area contributed by atoms with Crippen molar-refractivity contribution in [3.05, 3.63) is 41.3 Å². The minimum atomic E-state index is -0.327. The van der Waals surface area contributed by atoms with E-state index in [4.69, 9.17) is 5.73 Å². The average molecular weight is 344 g/mol. The van der Waals surface area contributed by atoms with Crippen molar-refractivity contribution in [1.29, 1.82) is 0 Å². The number of anilines is 2. The first-order valence-electron chi connectivity index (χ1n) is 7.08. The van der Waals surface area contributed by atoms with Gasteiger partial charge in [-0.2, -0.15) is 0 Å². The third kappa shape index (κ3) is 3.46. The summed E-state index contributed by atoms with van der Waals surface area (Å²) in [6, 6.07) is 9.59. The predicted molar refractivity (Wildman–Crippen MR) is 97.0 cm³/mol. The number of thiophene rings is 1. The fraction of sp³-hybridized carbons (Fsp3) is 0.188. The van der Waals surface area contributed by atoms with Crippen molar-refractivity contribution >= 4 is 50.7 Å². The largest absolute Gasteiger partial charge is 0.383 e. The van der Waals surface area contributed by atoms with E-state index in [1.54, 1.807) is 0 Å². The molecule has 0 saturated heterocycles. The van der Waals surface area contributed by atoms with Gasteiger partial charge in [-0.15, -0.1) is 11.3 Å². The number of aryl methyl sites for hydroxylation is 1. The number of para-hydroxylation sites is 1. The third-order valence-corrected chi connectivity index (χ3v) is 5.16. The number of nitrogens with zero attached hydrogens (tertiary/aromatic N) is 2. The molecule has 5 nitrogen and oxygen atoms in total. The van der Waals surface area contributed by atoms with Gasteiger partial charge in [0.15, 0.2) is 5.16 Å². The lowest BCUT2D eigenvalue weighted by atomic mass is 10.2. The first-order chi connectivity index (χ1) is 11.0. The first-order valence-corrected chi connectivity index (χ1v) is 8.84. The summed E-state index contributed by atoms with van der Waals surface area (Å²) in [6.07, 6.45) is 0. The Balaban J connectivity index is 1.73. The molecule has 1 aromatic carbocycles. The van der Waals surface area contributed by atoms with E-state index < -0.39 is 0 Å². The molecule has 23 heavy (non-hydrogen) atoms. The highest BCUT2D eigenvalue weighted by molar-refractivity contribution is 8.00. The van der Waals surface area contributed by atoms with E-state index in [-0.39, 0.29) is 11.2 Å². The van der Waals surface area contributed by atoms with Gasteiger partial charge in [0.1, 0.15) is 10.6 Å². The molecule has 0 radical (unpaired) electrons. The van der Waals surface area contributed by atoms with Crippen LogP contribution in [-0.4, -0.2) is 21.1 Å². The summed E-state index contributed by atoms with van der Waals surface area (Å²) in [4.78, 5) is 21.9. The number of benzene rings is 1. The highest BCUT2D eigenvalue weighted by Crippen LogP contribution is 2.28. The van der Waals surface area contributed by atoms with Crippen molar-refractivity contribution in [2.24, 2.45) is 0 Å². The van der Waals surface area contributed by atoms with E-state index >= 15 is 0 Å². The Labute approximate surface area is 142 Å². The lowest BCUT2D eigenvalue weighted by Crippen LogP contribution is -2.23. The smallest absolute Gasteiger partial charge is 0.237 e. The first kappa shape index (κ1) is 15.8. The Morgan fingerprint density at radius 1 is 1.30 bits per heavy atom. The van der Waals surface area contributed by atoms with E-state index in [1.807, 2.05) is 49.6 Å². The Bertz CT molecular complexity index is 862. The van der Waals surface area contributed by atoms with Gasteiger partial charge in [0.05, 0.1) is 10.6 Å². The molecule has 0 fully saturated rings. The fourth-order valence-electron chi connectivity index (χ4n) is 2.07. The maximum Gasteiger partial charge on any atom is 0.237 e. The summed E-state index contributed by atoms with van der Waals surface area (Å²) in [5, 5.41) is 5.91. The Kier molecular flexibility index (Phi) is 4.49. The number of nitrogen functional groups attached to an aromatic ring is 1. The second-order valence-corrected chi connectivity index (χ2v) is 7.30. The molecular formula is C16H16N4OS2. The van der Waals surface area contributed by atoms with Gasteiger partial charge in [0.2, 0.25) is 5.91 Å². The van der Waals surface area contributed by atoms with Crippen LogP contribution in [0, 0.1) is 6.92 Å². The Morgan fingerprint density at radius 3 is 2.87 bits per heavy atom. The number of nitrogens with one attached hydrogen (secondary N) is 1. The molecule has 1 amide bonds. The van der Waals surface area contributed by atoms with Crippen LogP contribution in [0.15, 0.2) is 40.9 Å². The average Bonchev–Trinajstić information content (AvgIpc) is 2.98. The predicted octanol–water partition coefficient (Wildman–Crippen LogP) is 3.70. The maximum atomic E-state index is 12.4. The maximum absolute atomic E-state index is 12.4. The molecule has 3 N–H and O–H groups in total. The van der Waals surface area contributed by atoms with Gasteiger partial charge in [-0.1, -0.05) is 30.0 Å². The molecule has 0 aliphatic rings. The second kappa shape index (κ2) is 6.55. The highest BCUT2D eigenvalue weighted by atomic mass is 32.2. The summed E-state index contributed by atoms with van der Waals surface area (Å²) in [6.45, 7) is 3.79. The highest BCUT2D eigenvalue weighted by Gasteiger charge is 2.18. The molecule has 118 valence electrons. The van der Waals surface area contributed by atoms with E-state index in [0.29, 0.717) is 11.0 Å². The lowest BCUT2D eigenvalue weighted by Gasteiger charge is -2.13. The fourth-order valence-corrected chi connectivity index (χ4v) is 3.68. The van der Waals surface area contributed by atoms with Crippen LogP contribution in [0.1, 0.15) is 12.5 Å². The van der Waals surface area contributed by atoms with Crippen LogP contribution in [0.2, 0.25) is 0 Å². The number of fused-ring (bicyclic) bond motifs is 1. The van der Waals surface area contributed by atoms with Crippen molar-refractivity contribution in [3.8, 4) is 0 Å².